The third-order valence-corrected chi connectivity index (χ3v) is 8.99. The Bertz CT molecular complexity index is 527. The van der Waals surface area contributed by atoms with E-state index in [9.17, 15) is 8.42 Å². The Labute approximate surface area is 151 Å². The van der Waals surface area contributed by atoms with E-state index in [1.165, 1.54) is 6.26 Å². The maximum Gasteiger partial charge on any atom is 0.150 e. The summed E-state index contributed by atoms with van der Waals surface area (Å²) in [7, 11) is -0.750. The highest BCUT2D eigenvalue weighted by Crippen LogP contribution is 2.48. The van der Waals surface area contributed by atoms with Gasteiger partial charge in [-0.2, -0.15) is 0 Å². The number of piperidine rings is 1. The number of likely N-dealkylation sites (tertiary alicyclic amines) is 1. The molecule has 0 amide bonds. The van der Waals surface area contributed by atoms with E-state index in [1.54, 1.807) is 0 Å². The van der Waals surface area contributed by atoms with Crippen molar-refractivity contribution in [3.8, 4) is 0 Å². The lowest BCUT2D eigenvalue weighted by Gasteiger charge is -2.51. The molecule has 1 aliphatic heterocycles. The van der Waals surface area contributed by atoms with Crippen molar-refractivity contribution in [2.75, 3.05) is 26.4 Å². The van der Waals surface area contributed by atoms with Gasteiger partial charge in [0.1, 0.15) is 9.84 Å². The van der Waals surface area contributed by atoms with Crippen LogP contribution in [0.25, 0.3) is 0 Å². The van der Waals surface area contributed by atoms with E-state index in [-0.39, 0.29) is 16.0 Å². The van der Waals surface area contributed by atoms with E-state index in [0.717, 1.165) is 51.6 Å². The fourth-order valence-electron chi connectivity index (χ4n) is 5.38. The third-order valence-electron chi connectivity index (χ3n) is 6.50. The molecule has 0 aromatic rings. The summed E-state index contributed by atoms with van der Waals surface area (Å²) < 4.78 is 24.0. The summed E-state index contributed by atoms with van der Waals surface area (Å²) in [5, 5.41) is 0.198. The fourth-order valence-corrected chi connectivity index (χ4v) is 7.55. The molecular formula is C17H29Cl2NO2S. The van der Waals surface area contributed by atoms with Crippen LogP contribution in [0.5, 0.6) is 0 Å². The normalized spacial score (nSPS) is 46.3. The minimum absolute atomic E-state index is 0.144. The molecule has 0 spiro atoms. The molecule has 3 fully saturated rings. The zero-order valence-corrected chi connectivity index (χ0v) is 16.5. The number of fused-ring (bicyclic) bond motifs is 1. The first kappa shape index (κ1) is 18.3. The molecule has 1 heterocycles. The monoisotopic (exact) mass is 381 g/mol. The lowest BCUT2D eigenvalue weighted by atomic mass is 9.63. The average Bonchev–Trinajstić information content (AvgIpc) is 2.47. The third kappa shape index (κ3) is 4.02. The summed E-state index contributed by atoms with van der Waals surface area (Å²) in [5.74, 6) is 2.12. The van der Waals surface area contributed by atoms with Crippen LogP contribution in [0.4, 0.5) is 0 Å². The van der Waals surface area contributed by atoms with Crippen LogP contribution in [-0.2, 0) is 9.84 Å². The molecule has 3 rings (SSSR count). The first-order chi connectivity index (χ1) is 10.8. The number of sulfone groups is 1. The first-order valence-corrected chi connectivity index (χ1v) is 11.7. The van der Waals surface area contributed by atoms with Crippen molar-refractivity contribution in [3.05, 3.63) is 0 Å². The van der Waals surface area contributed by atoms with Crippen LogP contribution in [0.2, 0.25) is 0 Å². The minimum atomic E-state index is -2.93. The predicted octanol–water partition coefficient (Wildman–Crippen LogP) is 3.39. The van der Waals surface area contributed by atoms with Crippen LogP contribution in [-0.4, -0.2) is 55.7 Å². The number of nitrogens with zero attached hydrogens (tertiary/aromatic N) is 1. The van der Waals surface area contributed by atoms with Crippen molar-refractivity contribution in [1.82, 2.24) is 4.90 Å². The zero-order valence-electron chi connectivity index (χ0n) is 14.1. The molecule has 3 aliphatic rings. The molecule has 7 atom stereocenters. The van der Waals surface area contributed by atoms with Gasteiger partial charge in [-0.05, 0) is 56.4 Å². The van der Waals surface area contributed by atoms with Gasteiger partial charge in [0.05, 0.1) is 5.25 Å². The molecule has 3 nitrogen and oxygen atoms in total. The smallest absolute Gasteiger partial charge is 0.150 e. The molecule has 134 valence electrons. The Morgan fingerprint density at radius 3 is 2.35 bits per heavy atom. The maximum absolute atomic E-state index is 12.0. The van der Waals surface area contributed by atoms with Crippen LogP contribution in [0.15, 0.2) is 0 Å². The summed E-state index contributed by atoms with van der Waals surface area (Å²) in [6, 6.07) is 0. The summed E-state index contributed by atoms with van der Waals surface area (Å²) in [6.07, 6.45) is 7.22. The Morgan fingerprint density at radius 1 is 0.957 bits per heavy atom. The second-order valence-electron chi connectivity index (χ2n) is 8.18. The molecule has 6 heteroatoms. The zero-order chi connectivity index (χ0) is 16.8. The molecule has 6 unspecified atom stereocenters. The maximum atomic E-state index is 12.0. The SMILES string of the molecule is CN1CC2C(Cl)CC(Cl)CC2C([C@H]2CCCC(S(C)(=O)=O)C2)C1. The van der Waals surface area contributed by atoms with Crippen LogP contribution < -0.4 is 0 Å². The van der Waals surface area contributed by atoms with Gasteiger partial charge in [0.2, 0.25) is 0 Å². The summed E-state index contributed by atoms with van der Waals surface area (Å²) in [6.45, 7) is 2.12. The lowest BCUT2D eigenvalue weighted by Crippen LogP contribution is -2.53. The van der Waals surface area contributed by atoms with Gasteiger partial charge in [-0.3, -0.25) is 0 Å². The largest absolute Gasteiger partial charge is 0.306 e. The Kier molecular flexibility index (Phi) is 5.57. The van der Waals surface area contributed by atoms with Crippen molar-refractivity contribution in [1.29, 1.82) is 0 Å². The second-order valence-corrected chi connectivity index (χ2v) is 11.7. The molecule has 0 bridgehead atoms. The highest BCUT2D eigenvalue weighted by molar-refractivity contribution is 7.91. The van der Waals surface area contributed by atoms with Crippen molar-refractivity contribution in [2.24, 2.45) is 23.7 Å². The average molecular weight is 382 g/mol. The molecule has 0 N–H and O–H groups in total. The van der Waals surface area contributed by atoms with Gasteiger partial charge < -0.3 is 4.90 Å². The number of hydrogen-bond acceptors (Lipinski definition) is 3. The number of rotatable bonds is 2. The fraction of sp³-hybridized carbons (Fsp3) is 1.00. The van der Waals surface area contributed by atoms with Gasteiger partial charge in [-0.1, -0.05) is 12.8 Å². The van der Waals surface area contributed by atoms with Gasteiger partial charge in [0.15, 0.2) is 0 Å². The molecule has 0 aromatic carbocycles. The van der Waals surface area contributed by atoms with Crippen LogP contribution >= 0.6 is 23.2 Å². The van der Waals surface area contributed by atoms with E-state index >= 15 is 0 Å². The van der Waals surface area contributed by atoms with Crippen molar-refractivity contribution >= 4 is 33.0 Å². The van der Waals surface area contributed by atoms with Gasteiger partial charge in [0.25, 0.3) is 0 Å². The summed E-state index contributed by atoms with van der Waals surface area (Å²) >= 11 is 13.1. The second kappa shape index (κ2) is 7.01. The minimum Gasteiger partial charge on any atom is -0.306 e. The van der Waals surface area contributed by atoms with E-state index in [0.29, 0.717) is 23.7 Å². The standard InChI is InChI=1S/C17H29Cl2NO2S/c1-20-9-15(11-4-3-5-13(6-11)23(2,21)22)14-7-12(18)8-17(19)16(14)10-20/h11-17H,3-10H2,1-2H3/t11-,12?,13?,14?,15?,16?,17?/m0/s1. The quantitative estimate of drug-likeness (QED) is 0.687. The van der Waals surface area contributed by atoms with Crippen molar-refractivity contribution in [2.45, 2.75) is 54.5 Å². The highest BCUT2D eigenvalue weighted by atomic mass is 35.5. The van der Waals surface area contributed by atoms with Gasteiger partial charge in [0, 0.05) is 30.1 Å². The Morgan fingerprint density at radius 2 is 1.65 bits per heavy atom. The van der Waals surface area contributed by atoms with Gasteiger partial charge >= 0.3 is 0 Å². The van der Waals surface area contributed by atoms with E-state index in [2.05, 4.69) is 11.9 Å². The van der Waals surface area contributed by atoms with Crippen LogP contribution in [0.3, 0.4) is 0 Å². The molecule has 2 aliphatic carbocycles. The summed E-state index contributed by atoms with van der Waals surface area (Å²) in [4.78, 5) is 2.40. The first-order valence-electron chi connectivity index (χ1n) is 8.91. The lowest BCUT2D eigenvalue weighted by molar-refractivity contribution is 0.0110. The molecule has 1 saturated heterocycles. The van der Waals surface area contributed by atoms with Gasteiger partial charge in [-0.25, -0.2) is 8.42 Å². The molecule has 23 heavy (non-hydrogen) atoms. The summed E-state index contributed by atoms with van der Waals surface area (Å²) in [5.41, 5.74) is 0. The van der Waals surface area contributed by atoms with E-state index in [1.807, 2.05) is 0 Å². The van der Waals surface area contributed by atoms with Gasteiger partial charge in [-0.15, -0.1) is 23.2 Å². The highest BCUT2D eigenvalue weighted by Gasteiger charge is 2.47. The number of hydrogen-bond donors (Lipinski definition) is 0. The number of halogens is 2. The van der Waals surface area contributed by atoms with Crippen LogP contribution in [0, 0.1) is 23.7 Å². The molecular weight excluding hydrogens is 353 g/mol. The van der Waals surface area contributed by atoms with Crippen molar-refractivity contribution in [3.63, 3.8) is 0 Å². The van der Waals surface area contributed by atoms with E-state index in [4.69, 9.17) is 23.2 Å². The molecule has 0 aromatic heterocycles. The van der Waals surface area contributed by atoms with Crippen molar-refractivity contribution < 1.29 is 8.42 Å². The topological polar surface area (TPSA) is 37.4 Å². The molecule has 2 saturated carbocycles. The number of alkyl halides is 2. The van der Waals surface area contributed by atoms with Crippen LogP contribution in [0.1, 0.15) is 38.5 Å². The molecule has 0 radical (unpaired) electrons. The Hall–Kier alpha value is 0.490. The Balaban J connectivity index is 1.79. The predicted molar refractivity (Wildman–Crippen MR) is 97.1 cm³/mol. The van der Waals surface area contributed by atoms with E-state index < -0.39 is 9.84 Å².